The molecule has 1 aliphatic rings. The Bertz CT molecular complexity index is 893. The molecule has 0 saturated carbocycles. The molecule has 1 aliphatic heterocycles. The van der Waals surface area contributed by atoms with Gasteiger partial charge < -0.3 is 9.47 Å². The molecule has 1 aromatic carbocycles. The fraction of sp³-hybridized carbons (Fsp3) is 0.458. The lowest BCUT2D eigenvalue weighted by atomic mass is 9.93. The first-order valence-electron chi connectivity index (χ1n) is 10.6. The molecule has 0 spiro atoms. The van der Waals surface area contributed by atoms with Gasteiger partial charge in [-0.2, -0.15) is 5.26 Å². The van der Waals surface area contributed by atoms with Gasteiger partial charge in [0.05, 0.1) is 13.2 Å². The lowest BCUT2D eigenvalue weighted by Crippen LogP contribution is -2.43. The number of unbranched alkanes of at least 4 members (excludes halogenated alkanes) is 2. The summed E-state index contributed by atoms with van der Waals surface area (Å²) in [7, 11) is 0. The fourth-order valence-corrected chi connectivity index (χ4v) is 3.14. The second-order valence-corrected chi connectivity index (χ2v) is 7.13. The van der Waals surface area contributed by atoms with Crippen LogP contribution in [0, 0.1) is 11.3 Å². The van der Waals surface area contributed by atoms with E-state index in [1.165, 1.54) is 4.90 Å². The van der Waals surface area contributed by atoms with E-state index < -0.39 is 5.91 Å². The van der Waals surface area contributed by atoms with Crippen LogP contribution < -0.4 is 9.47 Å². The fourth-order valence-electron chi connectivity index (χ4n) is 3.14. The molecule has 2 amide bonds. The quantitative estimate of drug-likeness (QED) is 0.318. The maximum Gasteiger partial charge on any atom is 0.271 e. The molecule has 30 heavy (non-hydrogen) atoms. The van der Waals surface area contributed by atoms with Crippen molar-refractivity contribution in [2.75, 3.05) is 19.8 Å². The number of carbonyl (C=O) groups excluding carboxylic acids is 2. The zero-order valence-corrected chi connectivity index (χ0v) is 18.3. The van der Waals surface area contributed by atoms with Gasteiger partial charge in [0.25, 0.3) is 11.8 Å². The third-order valence-corrected chi connectivity index (χ3v) is 4.89. The van der Waals surface area contributed by atoms with Crippen molar-refractivity contribution in [3.63, 3.8) is 0 Å². The highest BCUT2D eigenvalue weighted by Crippen LogP contribution is 2.32. The number of imide groups is 1. The number of ether oxygens (including phenoxy) is 2. The van der Waals surface area contributed by atoms with Gasteiger partial charge in [0, 0.05) is 12.1 Å². The molecule has 1 aromatic rings. The minimum atomic E-state index is -0.514. The van der Waals surface area contributed by atoms with Gasteiger partial charge >= 0.3 is 0 Å². The van der Waals surface area contributed by atoms with Crippen molar-refractivity contribution >= 4 is 17.9 Å². The summed E-state index contributed by atoms with van der Waals surface area (Å²) in [5.74, 6) is 0.380. The molecule has 0 atom stereocenters. The number of rotatable bonds is 10. The van der Waals surface area contributed by atoms with Crippen LogP contribution in [0.2, 0.25) is 0 Å². The Kier molecular flexibility index (Phi) is 8.67. The van der Waals surface area contributed by atoms with Gasteiger partial charge in [-0.3, -0.25) is 14.5 Å². The van der Waals surface area contributed by atoms with Crippen molar-refractivity contribution in [1.82, 2.24) is 4.90 Å². The Morgan fingerprint density at radius 1 is 1.03 bits per heavy atom. The van der Waals surface area contributed by atoms with E-state index in [0.29, 0.717) is 48.8 Å². The van der Waals surface area contributed by atoms with E-state index in [4.69, 9.17) is 9.47 Å². The highest BCUT2D eigenvalue weighted by Gasteiger charge is 2.34. The predicted octanol–water partition coefficient (Wildman–Crippen LogP) is 4.66. The van der Waals surface area contributed by atoms with Crippen LogP contribution in [-0.4, -0.2) is 36.5 Å². The molecule has 0 fully saturated rings. The van der Waals surface area contributed by atoms with Crippen LogP contribution in [0.5, 0.6) is 11.5 Å². The van der Waals surface area contributed by atoms with Crippen LogP contribution in [0.1, 0.15) is 58.9 Å². The summed E-state index contributed by atoms with van der Waals surface area (Å²) in [4.78, 5) is 26.7. The highest BCUT2D eigenvalue weighted by atomic mass is 16.5. The molecule has 0 radical (unpaired) electrons. The largest absolute Gasteiger partial charge is 0.490 e. The van der Waals surface area contributed by atoms with Crippen LogP contribution in [0.15, 0.2) is 34.9 Å². The number of nitrogens with zero attached hydrogens (tertiary/aromatic N) is 2. The van der Waals surface area contributed by atoms with Crippen molar-refractivity contribution in [1.29, 1.82) is 5.26 Å². The van der Waals surface area contributed by atoms with Gasteiger partial charge in [0.15, 0.2) is 11.5 Å². The van der Waals surface area contributed by atoms with Crippen LogP contribution in [0.25, 0.3) is 6.08 Å². The van der Waals surface area contributed by atoms with Crippen LogP contribution in [0.3, 0.4) is 0 Å². The van der Waals surface area contributed by atoms with E-state index in [9.17, 15) is 14.9 Å². The molecule has 160 valence electrons. The van der Waals surface area contributed by atoms with Gasteiger partial charge in [-0.15, -0.1) is 0 Å². The number of nitriles is 1. The van der Waals surface area contributed by atoms with Gasteiger partial charge in [0.1, 0.15) is 11.6 Å². The van der Waals surface area contributed by atoms with E-state index >= 15 is 0 Å². The van der Waals surface area contributed by atoms with E-state index in [1.54, 1.807) is 13.0 Å². The van der Waals surface area contributed by atoms with Crippen molar-refractivity contribution in [2.24, 2.45) is 0 Å². The Morgan fingerprint density at radius 2 is 1.77 bits per heavy atom. The average Bonchev–Trinajstić information content (AvgIpc) is 2.73. The van der Waals surface area contributed by atoms with Crippen molar-refractivity contribution in [3.05, 3.63) is 40.5 Å². The Hall–Kier alpha value is -3.07. The topological polar surface area (TPSA) is 79.6 Å². The molecule has 0 aromatic heterocycles. The number of carbonyl (C=O) groups is 2. The molecule has 0 aliphatic carbocycles. The van der Waals surface area contributed by atoms with E-state index in [1.807, 2.05) is 38.1 Å². The van der Waals surface area contributed by atoms with Crippen molar-refractivity contribution in [2.45, 2.75) is 53.4 Å². The SMILES string of the molecule is CCCCOc1ccc(/C=C2/C(=O)N(CCCC)C(=O)C(C#N)=C2C)cc1OCC. The number of hydrogen-bond acceptors (Lipinski definition) is 5. The van der Waals surface area contributed by atoms with Crippen molar-refractivity contribution in [3.8, 4) is 17.6 Å². The van der Waals surface area contributed by atoms with Gasteiger partial charge in [-0.25, -0.2) is 0 Å². The predicted molar refractivity (Wildman–Crippen MR) is 116 cm³/mol. The van der Waals surface area contributed by atoms with Gasteiger partial charge in [0.2, 0.25) is 0 Å². The normalized spacial score (nSPS) is 15.6. The lowest BCUT2D eigenvalue weighted by Gasteiger charge is -2.27. The molecular formula is C24H30N2O4. The zero-order valence-electron chi connectivity index (χ0n) is 18.3. The monoisotopic (exact) mass is 410 g/mol. The van der Waals surface area contributed by atoms with Crippen LogP contribution >= 0.6 is 0 Å². The maximum absolute atomic E-state index is 13.0. The Morgan fingerprint density at radius 3 is 2.40 bits per heavy atom. The number of hydrogen-bond donors (Lipinski definition) is 0. The van der Waals surface area contributed by atoms with Crippen molar-refractivity contribution < 1.29 is 19.1 Å². The van der Waals surface area contributed by atoms with E-state index in [-0.39, 0.29) is 11.5 Å². The first-order chi connectivity index (χ1) is 14.5. The second-order valence-electron chi connectivity index (χ2n) is 7.13. The minimum absolute atomic E-state index is 0.0153. The van der Waals surface area contributed by atoms with Gasteiger partial charge in [-0.05, 0) is 56.0 Å². The molecular weight excluding hydrogens is 380 g/mol. The molecule has 2 rings (SSSR count). The molecule has 0 unspecified atom stereocenters. The second kappa shape index (κ2) is 11.2. The lowest BCUT2D eigenvalue weighted by molar-refractivity contribution is -0.140. The summed E-state index contributed by atoms with van der Waals surface area (Å²) < 4.78 is 11.5. The summed E-state index contributed by atoms with van der Waals surface area (Å²) in [6, 6.07) is 7.45. The summed E-state index contributed by atoms with van der Waals surface area (Å²) in [6.07, 6.45) is 5.24. The van der Waals surface area contributed by atoms with E-state index in [0.717, 1.165) is 24.8 Å². The standard InChI is InChI=1S/C24H30N2O4/c1-5-8-12-26-23(27)19(17(4)20(16-25)24(26)28)14-18-10-11-21(30-13-9-6-2)22(15-18)29-7-3/h10-11,14-15H,5-9,12-13H2,1-4H3/b19-14+. The first-order valence-corrected chi connectivity index (χ1v) is 10.6. The minimum Gasteiger partial charge on any atom is -0.490 e. The van der Waals surface area contributed by atoms with E-state index in [2.05, 4.69) is 6.92 Å². The average molecular weight is 411 g/mol. The third kappa shape index (κ3) is 5.29. The summed E-state index contributed by atoms with van der Waals surface area (Å²) in [5.41, 5.74) is 1.51. The number of amides is 2. The summed E-state index contributed by atoms with van der Waals surface area (Å²) >= 11 is 0. The zero-order chi connectivity index (χ0) is 22.1. The van der Waals surface area contributed by atoms with Crippen LogP contribution in [-0.2, 0) is 9.59 Å². The van der Waals surface area contributed by atoms with Crippen LogP contribution in [0.4, 0.5) is 0 Å². The molecule has 0 N–H and O–H groups in total. The molecule has 0 saturated heterocycles. The van der Waals surface area contributed by atoms with Gasteiger partial charge in [-0.1, -0.05) is 32.8 Å². The Balaban J connectivity index is 2.44. The smallest absolute Gasteiger partial charge is 0.271 e. The first kappa shape index (κ1) is 23.2. The molecule has 6 heteroatoms. The number of benzene rings is 1. The third-order valence-electron chi connectivity index (χ3n) is 4.89. The maximum atomic E-state index is 13.0. The molecule has 6 nitrogen and oxygen atoms in total. The summed E-state index contributed by atoms with van der Waals surface area (Å²) in [6.45, 7) is 9.03. The molecule has 1 heterocycles. The molecule has 0 bridgehead atoms. The highest BCUT2D eigenvalue weighted by molar-refractivity contribution is 6.19. The Labute approximate surface area is 178 Å². The summed E-state index contributed by atoms with van der Waals surface area (Å²) in [5, 5.41) is 9.47.